The van der Waals surface area contributed by atoms with E-state index >= 15 is 0 Å². The molecule has 0 aromatic rings. The maximum Gasteiger partial charge on any atom is 0.325 e. The summed E-state index contributed by atoms with van der Waals surface area (Å²) in [5, 5.41) is 14.0. The van der Waals surface area contributed by atoms with Gasteiger partial charge in [-0.2, -0.15) is 0 Å². The number of nitrogens with one attached hydrogen (secondary N) is 2. The van der Waals surface area contributed by atoms with Gasteiger partial charge in [-0.05, 0) is 20.4 Å². The van der Waals surface area contributed by atoms with Crippen LogP contribution in [-0.2, 0) is 9.59 Å². The van der Waals surface area contributed by atoms with E-state index in [0.717, 1.165) is 6.54 Å². The Balaban J connectivity index is 3.80. The Hall–Kier alpha value is -1.10. The molecule has 14 heavy (non-hydrogen) atoms. The second-order valence-electron chi connectivity index (χ2n) is 3.29. The summed E-state index contributed by atoms with van der Waals surface area (Å²) in [7, 11) is 0. The molecule has 0 heterocycles. The van der Waals surface area contributed by atoms with E-state index in [1.54, 1.807) is 0 Å². The molecule has 0 spiro atoms. The van der Waals surface area contributed by atoms with Gasteiger partial charge in [0, 0.05) is 12.5 Å². The molecule has 0 aliphatic rings. The van der Waals surface area contributed by atoms with Gasteiger partial charge in [-0.1, -0.05) is 6.92 Å². The van der Waals surface area contributed by atoms with Crippen molar-refractivity contribution in [2.24, 2.45) is 0 Å². The molecule has 0 fully saturated rings. The molecule has 5 heteroatoms. The van der Waals surface area contributed by atoms with Crippen molar-refractivity contribution in [3.8, 4) is 0 Å². The molecule has 0 rings (SSSR count). The van der Waals surface area contributed by atoms with Crippen molar-refractivity contribution in [3.05, 3.63) is 0 Å². The van der Waals surface area contributed by atoms with Crippen LogP contribution in [0, 0.1) is 0 Å². The first kappa shape index (κ1) is 12.9. The number of carbonyl (C=O) groups excluding carboxylic acids is 1. The molecule has 2 atom stereocenters. The van der Waals surface area contributed by atoms with Crippen LogP contribution >= 0.6 is 0 Å². The second kappa shape index (κ2) is 6.37. The Morgan fingerprint density at radius 1 is 1.36 bits per heavy atom. The van der Waals surface area contributed by atoms with Gasteiger partial charge < -0.3 is 15.7 Å². The summed E-state index contributed by atoms with van der Waals surface area (Å²) in [4.78, 5) is 21.6. The molecule has 0 radical (unpaired) electrons. The molecule has 0 saturated carbocycles. The molecule has 0 aliphatic carbocycles. The zero-order valence-corrected chi connectivity index (χ0v) is 8.83. The van der Waals surface area contributed by atoms with E-state index in [-0.39, 0.29) is 11.9 Å². The van der Waals surface area contributed by atoms with Gasteiger partial charge in [-0.15, -0.1) is 0 Å². The highest BCUT2D eigenvalue weighted by Crippen LogP contribution is 1.91. The van der Waals surface area contributed by atoms with Crippen molar-refractivity contribution in [2.75, 3.05) is 6.54 Å². The predicted octanol–water partition coefficient (Wildman–Crippen LogP) is -0.0362. The number of carbonyl (C=O) groups is 2. The third kappa shape index (κ3) is 5.53. The third-order valence-corrected chi connectivity index (χ3v) is 1.79. The van der Waals surface area contributed by atoms with Crippen LogP contribution < -0.4 is 10.6 Å². The maximum absolute atomic E-state index is 11.2. The molecule has 82 valence electrons. The highest BCUT2D eigenvalue weighted by molar-refractivity contribution is 5.83. The lowest BCUT2D eigenvalue weighted by Gasteiger charge is -2.13. The number of carboxylic acids is 1. The Bertz CT molecular complexity index is 206. The average Bonchev–Trinajstić information content (AvgIpc) is 2.03. The topological polar surface area (TPSA) is 78.4 Å². The molecule has 0 saturated heterocycles. The van der Waals surface area contributed by atoms with Crippen molar-refractivity contribution in [1.29, 1.82) is 0 Å². The van der Waals surface area contributed by atoms with Crippen molar-refractivity contribution in [2.45, 2.75) is 39.3 Å². The van der Waals surface area contributed by atoms with Crippen molar-refractivity contribution in [3.63, 3.8) is 0 Å². The number of aliphatic carboxylic acids is 1. The van der Waals surface area contributed by atoms with Crippen LogP contribution in [0.2, 0.25) is 0 Å². The van der Waals surface area contributed by atoms with Gasteiger partial charge in [-0.3, -0.25) is 9.59 Å². The van der Waals surface area contributed by atoms with Crippen LogP contribution in [-0.4, -0.2) is 35.6 Å². The fourth-order valence-electron chi connectivity index (χ4n) is 1.06. The first-order valence-corrected chi connectivity index (χ1v) is 4.73. The molecule has 0 aliphatic heterocycles. The van der Waals surface area contributed by atoms with Crippen LogP contribution in [0.5, 0.6) is 0 Å². The first-order chi connectivity index (χ1) is 6.47. The minimum atomic E-state index is -1.02. The smallest absolute Gasteiger partial charge is 0.325 e. The van der Waals surface area contributed by atoms with E-state index in [1.807, 2.05) is 13.8 Å². The Morgan fingerprint density at radius 3 is 2.36 bits per heavy atom. The van der Waals surface area contributed by atoms with Gasteiger partial charge in [0.15, 0.2) is 0 Å². The minimum absolute atomic E-state index is 0.0704. The van der Waals surface area contributed by atoms with Crippen molar-refractivity contribution < 1.29 is 14.7 Å². The number of carboxylic acid groups (broad SMARTS) is 1. The Morgan fingerprint density at radius 2 is 1.93 bits per heavy atom. The standard InChI is InChI=1S/C9H18N2O3/c1-4-10-6(2)5-8(12)11-7(3)9(13)14/h6-7,10H,4-5H2,1-3H3,(H,11,12)(H,13,14)/t6?,7-/m0/s1. The van der Waals surface area contributed by atoms with Crippen LogP contribution in [0.3, 0.4) is 0 Å². The Labute approximate surface area is 83.9 Å². The Kier molecular flexibility index (Phi) is 5.87. The maximum atomic E-state index is 11.2. The SMILES string of the molecule is CCNC(C)CC(=O)N[C@@H](C)C(=O)O. The monoisotopic (exact) mass is 202 g/mol. The molecule has 1 unspecified atom stereocenters. The van der Waals surface area contributed by atoms with Gasteiger partial charge in [0.2, 0.25) is 5.91 Å². The lowest BCUT2D eigenvalue weighted by Crippen LogP contribution is -2.41. The second-order valence-corrected chi connectivity index (χ2v) is 3.29. The zero-order chi connectivity index (χ0) is 11.1. The van der Waals surface area contributed by atoms with E-state index in [4.69, 9.17) is 5.11 Å². The fourth-order valence-corrected chi connectivity index (χ4v) is 1.06. The molecule has 1 amide bonds. The summed E-state index contributed by atoms with van der Waals surface area (Å²) >= 11 is 0. The number of amides is 1. The number of rotatable bonds is 6. The minimum Gasteiger partial charge on any atom is -0.480 e. The first-order valence-electron chi connectivity index (χ1n) is 4.73. The summed E-state index contributed by atoms with van der Waals surface area (Å²) < 4.78 is 0. The van der Waals surface area contributed by atoms with Crippen molar-refractivity contribution >= 4 is 11.9 Å². The van der Waals surface area contributed by atoms with Gasteiger partial charge in [0.05, 0.1) is 0 Å². The quantitative estimate of drug-likeness (QED) is 0.565. The number of hydrogen-bond donors (Lipinski definition) is 3. The zero-order valence-electron chi connectivity index (χ0n) is 8.83. The molecular formula is C9H18N2O3. The third-order valence-electron chi connectivity index (χ3n) is 1.79. The van der Waals surface area contributed by atoms with E-state index in [0.29, 0.717) is 6.42 Å². The fraction of sp³-hybridized carbons (Fsp3) is 0.778. The van der Waals surface area contributed by atoms with E-state index in [1.165, 1.54) is 6.92 Å². The molecule has 3 N–H and O–H groups in total. The van der Waals surface area contributed by atoms with Crippen LogP contribution in [0.1, 0.15) is 27.2 Å². The van der Waals surface area contributed by atoms with Crippen LogP contribution in [0.15, 0.2) is 0 Å². The van der Waals surface area contributed by atoms with Gasteiger partial charge >= 0.3 is 5.97 Å². The molecule has 0 aromatic heterocycles. The highest BCUT2D eigenvalue weighted by Gasteiger charge is 2.15. The summed E-state index contributed by atoms with van der Waals surface area (Å²) in [6.45, 7) is 6.07. The summed E-state index contributed by atoms with van der Waals surface area (Å²) in [6, 6.07) is -0.752. The van der Waals surface area contributed by atoms with Gasteiger partial charge in [0.25, 0.3) is 0 Å². The summed E-state index contributed by atoms with van der Waals surface area (Å²) in [5.74, 6) is -1.26. The normalized spacial score (nSPS) is 14.5. The number of hydrogen-bond acceptors (Lipinski definition) is 3. The van der Waals surface area contributed by atoms with E-state index in [9.17, 15) is 9.59 Å². The predicted molar refractivity (Wildman–Crippen MR) is 53.0 cm³/mol. The van der Waals surface area contributed by atoms with Crippen LogP contribution in [0.4, 0.5) is 0 Å². The average molecular weight is 202 g/mol. The largest absolute Gasteiger partial charge is 0.480 e. The summed E-state index contributed by atoms with van der Waals surface area (Å²) in [5.41, 5.74) is 0. The molecule has 5 nitrogen and oxygen atoms in total. The van der Waals surface area contributed by atoms with Gasteiger partial charge in [-0.25, -0.2) is 0 Å². The van der Waals surface area contributed by atoms with Gasteiger partial charge in [0.1, 0.15) is 6.04 Å². The lowest BCUT2D eigenvalue weighted by atomic mass is 10.2. The molecule has 0 bridgehead atoms. The molecular weight excluding hydrogens is 184 g/mol. The van der Waals surface area contributed by atoms with Crippen molar-refractivity contribution in [1.82, 2.24) is 10.6 Å². The summed E-state index contributed by atoms with van der Waals surface area (Å²) in [6.07, 6.45) is 0.297. The van der Waals surface area contributed by atoms with E-state index in [2.05, 4.69) is 10.6 Å². The van der Waals surface area contributed by atoms with Crippen LogP contribution in [0.25, 0.3) is 0 Å². The van der Waals surface area contributed by atoms with E-state index < -0.39 is 12.0 Å². The lowest BCUT2D eigenvalue weighted by molar-refractivity contribution is -0.141. The molecule has 0 aromatic carbocycles. The highest BCUT2D eigenvalue weighted by atomic mass is 16.4.